The smallest absolute Gasteiger partial charge is 0.224 e. The molecule has 2 aliphatic heterocycles. The predicted octanol–water partition coefficient (Wildman–Crippen LogP) is 3.52. The highest BCUT2D eigenvalue weighted by Crippen LogP contribution is 2.24. The molecule has 0 aliphatic carbocycles. The molecule has 0 unspecified atom stereocenters. The van der Waals surface area contributed by atoms with Crippen molar-refractivity contribution in [3.63, 3.8) is 0 Å². The number of piperidine rings is 2. The van der Waals surface area contributed by atoms with Gasteiger partial charge in [-0.1, -0.05) is 30.7 Å². The maximum Gasteiger partial charge on any atom is 0.224 e. The van der Waals surface area contributed by atoms with Crippen LogP contribution >= 0.6 is 0 Å². The van der Waals surface area contributed by atoms with E-state index in [1.807, 2.05) is 18.2 Å². The number of likely N-dealkylation sites (tertiary alicyclic amines) is 1. The monoisotopic (exact) mass is 421 g/mol. The number of aromatic nitrogens is 2. The number of carbonyl (C=O) groups is 1. The van der Waals surface area contributed by atoms with Crippen LogP contribution in [0, 0.1) is 18.8 Å². The molecule has 3 heterocycles. The van der Waals surface area contributed by atoms with E-state index >= 15 is 0 Å². The minimum atomic E-state index is 0.0216. The molecule has 1 aromatic heterocycles. The van der Waals surface area contributed by atoms with Crippen LogP contribution in [0.4, 0.5) is 5.82 Å². The number of anilines is 1. The molecule has 0 radical (unpaired) electrons. The van der Waals surface area contributed by atoms with Crippen molar-refractivity contribution in [1.82, 2.24) is 20.4 Å². The number of nitrogens with zero attached hydrogens (tertiary/aromatic N) is 4. The summed E-state index contributed by atoms with van der Waals surface area (Å²) in [5.41, 5.74) is 3.17. The van der Waals surface area contributed by atoms with Gasteiger partial charge in [0, 0.05) is 31.7 Å². The Morgan fingerprint density at radius 1 is 1.10 bits per heavy atom. The Kier molecular flexibility index (Phi) is 7.17. The van der Waals surface area contributed by atoms with Crippen molar-refractivity contribution in [3.8, 4) is 11.3 Å². The van der Waals surface area contributed by atoms with Gasteiger partial charge in [0.2, 0.25) is 5.91 Å². The summed E-state index contributed by atoms with van der Waals surface area (Å²) in [4.78, 5) is 17.4. The van der Waals surface area contributed by atoms with Gasteiger partial charge >= 0.3 is 0 Å². The summed E-state index contributed by atoms with van der Waals surface area (Å²) < 4.78 is 0. The molecule has 0 bridgehead atoms. The van der Waals surface area contributed by atoms with E-state index in [1.54, 1.807) is 0 Å². The normalized spacial score (nSPS) is 20.6. The maximum atomic E-state index is 12.7. The average molecular weight is 422 g/mol. The molecule has 2 fully saturated rings. The summed E-state index contributed by atoms with van der Waals surface area (Å²) in [5.74, 6) is 1.90. The van der Waals surface area contributed by atoms with Crippen molar-refractivity contribution in [2.24, 2.45) is 11.8 Å². The molecule has 1 atom stereocenters. The molecule has 1 N–H and O–H groups in total. The fourth-order valence-electron chi connectivity index (χ4n) is 4.62. The lowest BCUT2D eigenvalue weighted by Crippen LogP contribution is -2.45. The molecule has 6 heteroatoms. The largest absolute Gasteiger partial charge is 0.355 e. The van der Waals surface area contributed by atoms with E-state index in [4.69, 9.17) is 0 Å². The summed E-state index contributed by atoms with van der Waals surface area (Å²) in [6.45, 7) is 10.1. The lowest BCUT2D eigenvalue weighted by Gasteiger charge is -2.33. The number of nitrogens with one attached hydrogen (secondary N) is 1. The Hall–Kier alpha value is -2.47. The minimum Gasteiger partial charge on any atom is -0.355 e. The summed E-state index contributed by atoms with van der Waals surface area (Å²) >= 11 is 0. The van der Waals surface area contributed by atoms with Gasteiger partial charge in [-0.25, -0.2) is 0 Å². The second kappa shape index (κ2) is 10.2. The first-order chi connectivity index (χ1) is 15.1. The van der Waals surface area contributed by atoms with Crippen LogP contribution in [0.5, 0.6) is 0 Å². The van der Waals surface area contributed by atoms with Crippen LogP contribution < -0.4 is 10.2 Å². The molecule has 6 nitrogen and oxygen atoms in total. The Bertz CT molecular complexity index is 860. The molecule has 31 heavy (non-hydrogen) atoms. The first kappa shape index (κ1) is 21.8. The molecule has 2 aliphatic rings. The zero-order chi connectivity index (χ0) is 21.6. The van der Waals surface area contributed by atoms with Crippen LogP contribution in [0.1, 0.15) is 38.2 Å². The highest BCUT2D eigenvalue weighted by molar-refractivity contribution is 5.79. The predicted molar refractivity (Wildman–Crippen MR) is 125 cm³/mol. The van der Waals surface area contributed by atoms with E-state index in [0.29, 0.717) is 6.54 Å². The lowest BCUT2D eigenvalue weighted by molar-refractivity contribution is -0.125. The fourth-order valence-corrected chi connectivity index (χ4v) is 4.62. The van der Waals surface area contributed by atoms with Crippen molar-refractivity contribution in [2.45, 2.75) is 39.5 Å². The van der Waals surface area contributed by atoms with E-state index in [-0.39, 0.29) is 11.8 Å². The number of rotatable bonds is 6. The fraction of sp³-hybridized carbons (Fsp3) is 0.560. The number of hydrogen-bond donors (Lipinski definition) is 1. The molecule has 1 amide bonds. The number of amides is 1. The zero-order valence-corrected chi connectivity index (χ0v) is 18.9. The van der Waals surface area contributed by atoms with Crippen molar-refractivity contribution in [3.05, 3.63) is 42.0 Å². The Labute approximate surface area is 186 Å². The van der Waals surface area contributed by atoms with Gasteiger partial charge in [-0.3, -0.25) is 4.79 Å². The Morgan fingerprint density at radius 3 is 2.68 bits per heavy atom. The number of carbonyl (C=O) groups excluding carboxylic acids is 1. The van der Waals surface area contributed by atoms with Crippen LogP contribution in [-0.2, 0) is 4.79 Å². The summed E-state index contributed by atoms with van der Waals surface area (Å²) in [6, 6.07) is 12.4. The van der Waals surface area contributed by atoms with Crippen LogP contribution in [0.15, 0.2) is 36.4 Å². The van der Waals surface area contributed by atoms with Gasteiger partial charge in [0.25, 0.3) is 0 Å². The maximum absolute atomic E-state index is 12.7. The first-order valence-corrected chi connectivity index (χ1v) is 11.7. The number of hydrogen-bond acceptors (Lipinski definition) is 5. The molecule has 166 valence electrons. The van der Waals surface area contributed by atoms with Crippen LogP contribution in [0.25, 0.3) is 11.3 Å². The van der Waals surface area contributed by atoms with E-state index in [0.717, 1.165) is 68.6 Å². The molecule has 2 aromatic rings. The van der Waals surface area contributed by atoms with E-state index in [1.165, 1.54) is 18.4 Å². The van der Waals surface area contributed by atoms with Crippen LogP contribution in [0.3, 0.4) is 0 Å². The van der Waals surface area contributed by atoms with E-state index < -0.39 is 0 Å². The molecular weight excluding hydrogens is 386 g/mol. The molecule has 0 saturated carbocycles. The van der Waals surface area contributed by atoms with Gasteiger partial charge in [0.05, 0.1) is 11.6 Å². The zero-order valence-electron chi connectivity index (χ0n) is 18.9. The lowest BCUT2D eigenvalue weighted by atomic mass is 9.97. The SMILES string of the molecule is Cc1cccc(-c2ccc(N3CCC[C@@H](C(=O)NCCN4CCC(C)CC4)C3)nn2)c1. The molecule has 2 saturated heterocycles. The van der Waals surface area contributed by atoms with Crippen LogP contribution in [-0.4, -0.2) is 60.3 Å². The summed E-state index contributed by atoms with van der Waals surface area (Å²) in [6.07, 6.45) is 4.49. The highest BCUT2D eigenvalue weighted by atomic mass is 16.1. The standard InChI is InChI=1S/C25H35N5O/c1-19-10-14-29(15-11-19)16-12-26-25(31)22-7-4-13-30(18-22)24-9-8-23(27-28-24)21-6-3-5-20(2)17-21/h3,5-6,8-9,17,19,22H,4,7,10-16,18H2,1-2H3,(H,26,31)/t22-/m1/s1. The topological polar surface area (TPSA) is 61.4 Å². The van der Waals surface area contributed by atoms with Crippen molar-refractivity contribution < 1.29 is 4.79 Å². The van der Waals surface area contributed by atoms with Gasteiger partial charge in [-0.2, -0.15) is 0 Å². The average Bonchev–Trinajstić information content (AvgIpc) is 2.80. The third-order valence-electron chi connectivity index (χ3n) is 6.68. The third kappa shape index (κ3) is 5.82. The van der Waals surface area contributed by atoms with Gasteiger partial charge in [-0.15, -0.1) is 10.2 Å². The van der Waals surface area contributed by atoms with Crippen molar-refractivity contribution >= 4 is 11.7 Å². The number of benzene rings is 1. The molecule has 1 aromatic carbocycles. The van der Waals surface area contributed by atoms with Gasteiger partial charge in [0.15, 0.2) is 5.82 Å². The van der Waals surface area contributed by atoms with Gasteiger partial charge in [-0.05, 0) is 69.8 Å². The van der Waals surface area contributed by atoms with Crippen LogP contribution in [0.2, 0.25) is 0 Å². The second-order valence-electron chi connectivity index (χ2n) is 9.25. The molecular formula is C25H35N5O. The first-order valence-electron chi connectivity index (χ1n) is 11.7. The van der Waals surface area contributed by atoms with E-state index in [9.17, 15) is 4.79 Å². The highest BCUT2D eigenvalue weighted by Gasteiger charge is 2.27. The quantitative estimate of drug-likeness (QED) is 0.773. The van der Waals surface area contributed by atoms with Gasteiger partial charge in [0.1, 0.15) is 0 Å². The van der Waals surface area contributed by atoms with Crippen molar-refractivity contribution in [1.29, 1.82) is 0 Å². The third-order valence-corrected chi connectivity index (χ3v) is 6.68. The number of aryl methyl sites for hydroxylation is 1. The van der Waals surface area contributed by atoms with Gasteiger partial charge < -0.3 is 15.1 Å². The molecule has 4 rings (SSSR count). The second-order valence-corrected chi connectivity index (χ2v) is 9.25. The van der Waals surface area contributed by atoms with Crippen molar-refractivity contribution in [2.75, 3.05) is 44.2 Å². The minimum absolute atomic E-state index is 0.0216. The molecule has 0 spiro atoms. The summed E-state index contributed by atoms with van der Waals surface area (Å²) in [5, 5.41) is 12.1. The van der Waals surface area contributed by atoms with E-state index in [2.05, 4.69) is 57.4 Å². The summed E-state index contributed by atoms with van der Waals surface area (Å²) in [7, 11) is 0. The Balaban J connectivity index is 1.28. The Morgan fingerprint density at radius 2 is 1.94 bits per heavy atom.